The Bertz CT molecular complexity index is 1010. The monoisotopic (exact) mass is 540 g/mol. The van der Waals surface area contributed by atoms with Gasteiger partial charge in [0.05, 0.1) is 12.9 Å². The van der Waals surface area contributed by atoms with Crippen LogP contribution in [-0.4, -0.2) is 63.0 Å². The van der Waals surface area contributed by atoms with Gasteiger partial charge < -0.3 is 24.8 Å². The SMILES string of the molecule is C=C(C)C(C)NC.CC1CC(OP(C)OCCSC(=O)C(C)(C)C)OC1n1cnc2c(N)ncnc21. The lowest BCUT2D eigenvalue weighted by atomic mass is 10.00. The second-order valence-electron chi connectivity index (χ2n) is 9.87. The fraction of sp³-hybridized carbons (Fsp3) is 0.667. The van der Waals surface area contributed by atoms with Crippen LogP contribution in [0.3, 0.4) is 0 Å². The third-order valence-electron chi connectivity index (χ3n) is 5.64. The molecule has 12 heteroatoms. The summed E-state index contributed by atoms with van der Waals surface area (Å²) in [6.45, 7) is 18.1. The molecule has 3 heterocycles. The highest BCUT2D eigenvalue weighted by Gasteiger charge is 2.36. The number of anilines is 1. The maximum atomic E-state index is 11.9. The molecule has 0 bridgehead atoms. The minimum atomic E-state index is -1.11. The van der Waals surface area contributed by atoms with E-state index in [9.17, 15) is 4.79 Å². The topological polar surface area (TPSA) is 126 Å². The lowest BCUT2D eigenvalue weighted by molar-refractivity contribution is -0.117. The van der Waals surface area contributed by atoms with Crippen LogP contribution in [0.25, 0.3) is 11.2 Å². The van der Waals surface area contributed by atoms with Crippen LogP contribution in [0.5, 0.6) is 0 Å². The average molecular weight is 541 g/mol. The van der Waals surface area contributed by atoms with E-state index in [1.807, 2.05) is 46.0 Å². The summed E-state index contributed by atoms with van der Waals surface area (Å²) in [5, 5.41) is 3.23. The van der Waals surface area contributed by atoms with Crippen molar-refractivity contribution in [3.05, 3.63) is 24.8 Å². The molecule has 3 N–H and O–H groups in total. The zero-order chi connectivity index (χ0) is 27.0. The second kappa shape index (κ2) is 13.8. The van der Waals surface area contributed by atoms with Gasteiger partial charge in [-0.2, -0.15) is 0 Å². The maximum Gasteiger partial charge on any atom is 0.194 e. The summed E-state index contributed by atoms with van der Waals surface area (Å²) < 4.78 is 19.7. The molecule has 0 amide bonds. The Balaban J connectivity index is 0.000000572. The molecular weight excluding hydrogens is 499 g/mol. The lowest BCUT2D eigenvalue weighted by Crippen LogP contribution is -2.21. The molecule has 1 aliphatic rings. The van der Waals surface area contributed by atoms with Crippen LogP contribution in [0.2, 0.25) is 0 Å². The van der Waals surface area contributed by atoms with Crippen LogP contribution >= 0.6 is 20.1 Å². The Hall–Kier alpha value is -1.62. The molecule has 1 saturated heterocycles. The fourth-order valence-electron chi connectivity index (χ4n) is 3.19. The number of likely N-dealkylation sites (N-methyl/N-ethyl adjacent to an activating group) is 1. The number of carbonyl (C=O) groups excluding carboxylic acids is 1. The van der Waals surface area contributed by atoms with Crippen molar-refractivity contribution in [2.75, 3.05) is 31.8 Å². The first-order valence-electron chi connectivity index (χ1n) is 12.0. The summed E-state index contributed by atoms with van der Waals surface area (Å²) in [7, 11) is 0.824. The van der Waals surface area contributed by atoms with Gasteiger partial charge in [-0.15, -0.1) is 0 Å². The van der Waals surface area contributed by atoms with Crippen molar-refractivity contribution >= 4 is 42.2 Å². The summed E-state index contributed by atoms with van der Waals surface area (Å²) >= 11 is 1.30. The predicted octanol–water partition coefficient (Wildman–Crippen LogP) is 4.74. The zero-order valence-electron chi connectivity index (χ0n) is 22.6. The number of imidazole rings is 1. The molecule has 0 saturated carbocycles. The van der Waals surface area contributed by atoms with Crippen molar-refractivity contribution in [1.29, 1.82) is 0 Å². The van der Waals surface area contributed by atoms with Crippen molar-refractivity contribution in [2.45, 2.75) is 66.5 Å². The van der Waals surface area contributed by atoms with Crippen LogP contribution in [0.1, 0.15) is 54.2 Å². The summed E-state index contributed by atoms with van der Waals surface area (Å²) in [5.41, 5.74) is 7.92. The van der Waals surface area contributed by atoms with Gasteiger partial charge in [-0.25, -0.2) is 15.0 Å². The smallest absolute Gasteiger partial charge is 0.194 e. The Morgan fingerprint density at radius 2 is 2.11 bits per heavy atom. The van der Waals surface area contributed by atoms with E-state index in [4.69, 9.17) is 19.5 Å². The molecule has 5 atom stereocenters. The van der Waals surface area contributed by atoms with Gasteiger partial charge in [-0.05, 0) is 20.9 Å². The number of nitrogens with zero attached hydrogens (tertiary/aromatic N) is 4. The van der Waals surface area contributed by atoms with Gasteiger partial charge in [-0.3, -0.25) is 9.36 Å². The summed E-state index contributed by atoms with van der Waals surface area (Å²) in [5.74, 6) is 1.16. The average Bonchev–Trinajstić information content (AvgIpc) is 3.39. The normalized spacial score (nSPS) is 21.6. The number of thioether (sulfide) groups is 1. The molecule has 1 fully saturated rings. The number of nitrogens with one attached hydrogen (secondary N) is 1. The first-order chi connectivity index (χ1) is 16.8. The van der Waals surface area contributed by atoms with E-state index in [1.54, 1.807) is 6.33 Å². The number of nitrogens with two attached hydrogens (primary N) is 1. The number of rotatable bonds is 9. The molecule has 0 aromatic carbocycles. The van der Waals surface area contributed by atoms with Gasteiger partial charge in [0.25, 0.3) is 0 Å². The number of aromatic nitrogens is 4. The molecule has 10 nitrogen and oxygen atoms in total. The second-order valence-corrected chi connectivity index (χ2v) is 12.3. The number of hydrogen-bond acceptors (Lipinski definition) is 10. The molecule has 0 spiro atoms. The number of fused-ring (bicyclic) bond motifs is 1. The van der Waals surface area contributed by atoms with Crippen LogP contribution in [0.4, 0.5) is 5.82 Å². The number of carbonyl (C=O) groups is 1. The third kappa shape index (κ3) is 8.75. The van der Waals surface area contributed by atoms with E-state index < -0.39 is 8.38 Å². The van der Waals surface area contributed by atoms with E-state index >= 15 is 0 Å². The predicted molar refractivity (Wildman–Crippen MR) is 148 cm³/mol. The summed E-state index contributed by atoms with van der Waals surface area (Å²) in [6, 6.07) is 0.458. The van der Waals surface area contributed by atoms with Crippen molar-refractivity contribution < 1.29 is 18.6 Å². The highest BCUT2D eigenvalue weighted by Crippen LogP contribution is 2.43. The van der Waals surface area contributed by atoms with Crippen molar-refractivity contribution in [1.82, 2.24) is 24.8 Å². The van der Waals surface area contributed by atoms with Crippen molar-refractivity contribution in [2.24, 2.45) is 11.3 Å². The van der Waals surface area contributed by atoms with Crippen molar-refractivity contribution in [3.63, 3.8) is 0 Å². The van der Waals surface area contributed by atoms with Crippen LogP contribution in [0.15, 0.2) is 24.8 Å². The number of hydrogen-bond donors (Lipinski definition) is 2. The highest BCUT2D eigenvalue weighted by molar-refractivity contribution is 8.13. The van der Waals surface area contributed by atoms with E-state index in [-0.39, 0.29) is 29.0 Å². The molecule has 2 aromatic rings. The zero-order valence-corrected chi connectivity index (χ0v) is 24.4. The molecule has 202 valence electrons. The molecule has 36 heavy (non-hydrogen) atoms. The van der Waals surface area contributed by atoms with E-state index in [0.29, 0.717) is 35.4 Å². The number of nitrogen functional groups attached to an aromatic ring is 1. The van der Waals surface area contributed by atoms with E-state index in [0.717, 1.165) is 6.42 Å². The Kier molecular flexibility index (Phi) is 11.7. The first kappa shape index (κ1) is 30.6. The Labute approximate surface area is 220 Å². The molecule has 5 unspecified atom stereocenters. The van der Waals surface area contributed by atoms with Crippen LogP contribution in [0, 0.1) is 11.3 Å². The summed E-state index contributed by atoms with van der Waals surface area (Å²) in [6.07, 6.45) is 3.21. The molecule has 2 aromatic heterocycles. The minimum absolute atomic E-state index is 0.162. The molecule has 0 radical (unpaired) electrons. The van der Waals surface area contributed by atoms with E-state index in [1.165, 1.54) is 23.7 Å². The Morgan fingerprint density at radius 1 is 1.42 bits per heavy atom. The maximum absolute atomic E-state index is 11.9. The van der Waals surface area contributed by atoms with E-state index in [2.05, 4.69) is 40.7 Å². The third-order valence-corrected chi connectivity index (χ3v) is 7.97. The summed E-state index contributed by atoms with van der Waals surface area (Å²) in [4.78, 5) is 24.5. The van der Waals surface area contributed by atoms with Gasteiger partial charge in [0.15, 0.2) is 31.2 Å². The van der Waals surface area contributed by atoms with Gasteiger partial charge in [0, 0.05) is 36.2 Å². The highest BCUT2D eigenvalue weighted by atomic mass is 32.2. The quantitative estimate of drug-likeness (QED) is 0.262. The van der Waals surface area contributed by atoms with Gasteiger partial charge in [0.2, 0.25) is 0 Å². The largest absolute Gasteiger partial charge is 0.382 e. The van der Waals surface area contributed by atoms with Gasteiger partial charge >= 0.3 is 0 Å². The first-order valence-corrected chi connectivity index (χ1v) is 14.6. The molecule has 0 aliphatic carbocycles. The van der Waals surface area contributed by atoms with Crippen molar-refractivity contribution in [3.8, 4) is 0 Å². The molecule has 3 rings (SSSR count). The molecule has 1 aliphatic heterocycles. The Morgan fingerprint density at radius 3 is 2.69 bits per heavy atom. The van der Waals surface area contributed by atoms with Gasteiger partial charge in [-0.1, -0.05) is 51.6 Å². The van der Waals surface area contributed by atoms with Gasteiger partial charge in [0.1, 0.15) is 18.1 Å². The standard InChI is InChI=1S/C18H28N5O4PS.C6H13N/c1-11-8-12(27-28(5)25-6-7-29-17(24)18(2,3)4)26-16(11)23-10-22-13-14(19)20-9-21-15(13)23;1-5(2)6(3)7-4/h9-12,16H,6-8H2,1-5H3,(H2,19,20,21);6-7H,1H2,2-4H3. The molecular formula is C24H41N6O4PS. The number of ether oxygens (including phenoxy) is 1. The minimum Gasteiger partial charge on any atom is -0.382 e. The lowest BCUT2D eigenvalue weighted by Gasteiger charge is -2.20. The fourth-order valence-corrected chi connectivity index (χ4v) is 4.97. The van der Waals surface area contributed by atoms with Crippen LogP contribution < -0.4 is 11.1 Å². The van der Waals surface area contributed by atoms with Crippen LogP contribution in [-0.2, 0) is 18.6 Å².